The summed E-state index contributed by atoms with van der Waals surface area (Å²) >= 11 is 0. The summed E-state index contributed by atoms with van der Waals surface area (Å²) in [7, 11) is 0. The van der Waals surface area contributed by atoms with Crippen LogP contribution in [0.4, 0.5) is 8.78 Å². The largest absolute Gasteiger partial charge is 0.302 e. The third-order valence-corrected chi connectivity index (χ3v) is 1.63. The fraction of sp³-hybridized carbons (Fsp3) is 1.00. The van der Waals surface area contributed by atoms with Crippen LogP contribution in [-0.4, -0.2) is 12.6 Å². The fourth-order valence-electron chi connectivity index (χ4n) is 1.11. The van der Waals surface area contributed by atoms with E-state index in [1.165, 1.54) is 0 Å². The average Bonchev–Trinajstić information content (AvgIpc) is 1.60. The molecule has 1 heterocycles. The number of halogens is 2. The topological polar surface area (TPSA) is 12.0 Å². The molecule has 1 aliphatic rings. The van der Waals surface area contributed by atoms with Gasteiger partial charge in [-0.05, 0) is 12.3 Å². The molecule has 0 radical (unpaired) electrons. The molecule has 1 N–H and O–H groups in total. The molecule has 0 amide bonds. The Hall–Kier alpha value is -0.180. The zero-order valence-corrected chi connectivity index (χ0v) is 5.45. The maximum Gasteiger partial charge on any atom is 0.302 e. The van der Waals surface area contributed by atoms with E-state index >= 15 is 0 Å². The van der Waals surface area contributed by atoms with E-state index in [0.717, 1.165) is 6.42 Å². The van der Waals surface area contributed by atoms with Gasteiger partial charge in [0.25, 0.3) is 0 Å². The quantitative estimate of drug-likeness (QED) is 0.497. The monoisotopic (exact) mass is 135 g/mol. The highest BCUT2D eigenvalue weighted by molar-refractivity contribution is 4.73. The number of nitrogens with one attached hydrogen (secondary N) is 1. The lowest BCUT2D eigenvalue weighted by Gasteiger charge is -2.27. The van der Waals surface area contributed by atoms with Gasteiger partial charge in [-0.15, -0.1) is 0 Å². The van der Waals surface area contributed by atoms with Gasteiger partial charge in [0.15, 0.2) is 0 Å². The van der Waals surface area contributed by atoms with Crippen molar-refractivity contribution in [3.63, 3.8) is 0 Å². The predicted molar refractivity (Wildman–Crippen MR) is 31.3 cm³/mol. The Morgan fingerprint density at radius 2 is 2.22 bits per heavy atom. The average molecular weight is 135 g/mol. The van der Waals surface area contributed by atoms with Crippen LogP contribution in [-0.2, 0) is 0 Å². The van der Waals surface area contributed by atoms with E-state index in [9.17, 15) is 8.78 Å². The van der Waals surface area contributed by atoms with Crippen LogP contribution in [0.3, 0.4) is 0 Å². The molecule has 0 aromatic heterocycles. The zero-order chi connectivity index (χ0) is 6.91. The number of rotatable bonds is 0. The molecule has 0 aliphatic carbocycles. The smallest absolute Gasteiger partial charge is 0.258 e. The number of piperidine rings is 1. The minimum Gasteiger partial charge on any atom is -0.258 e. The Kier molecular flexibility index (Phi) is 1.70. The SMILES string of the molecule is CC1CCNC(F)(F)C1. The summed E-state index contributed by atoms with van der Waals surface area (Å²) < 4.78 is 24.7. The highest BCUT2D eigenvalue weighted by Crippen LogP contribution is 2.25. The first-order valence-electron chi connectivity index (χ1n) is 3.23. The number of hydrogen-bond acceptors (Lipinski definition) is 1. The van der Waals surface area contributed by atoms with Crippen LogP contribution < -0.4 is 5.32 Å². The van der Waals surface area contributed by atoms with Crippen LogP contribution in [0.25, 0.3) is 0 Å². The molecular weight excluding hydrogens is 124 g/mol. The summed E-state index contributed by atoms with van der Waals surface area (Å²) in [4.78, 5) is 0. The highest BCUT2D eigenvalue weighted by atomic mass is 19.3. The van der Waals surface area contributed by atoms with E-state index in [1.807, 2.05) is 6.92 Å². The molecule has 0 saturated carbocycles. The standard InChI is InChI=1S/C6H11F2N/c1-5-2-3-9-6(7,8)4-5/h5,9H,2-4H2,1H3. The van der Waals surface area contributed by atoms with Crippen LogP contribution >= 0.6 is 0 Å². The number of hydrogen-bond donors (Lipinski definition) is 1. The maximum atomic E-state index is 12.3. The first-order valence-corrected chi connectivity index (χ1v) is 3.23. The van der Waals surface area contributed by atoms with E-state index < -0.39 is 6.05 Å². The summed E-state index contributed by atoms with van der Waals surface area (Å²) in [5.74, 6) is 0.168. The van der Waals surface area contributed by atoms with E-state index in [4.69, 9.17) is 0 Å². The van der Waals surface area contributed by atoms with Gasteiger partial charge in [-0.2, -0.15) is 8.78 Å². The van der Waals surface area contributed by atoms with Crippen molar-refractivity contribution in [3.8, 4) is 0 Å². The second kappa shape index (κ2) is 2.21. The minimum atomic E-state index is -2.60. The Bertz CT molecular complexity index is 103. The van der Waals surface area contributed by atoms with Crippen LogP contribution in [0.5, 0.6) is 0 Å². The first-order chi connectivity index (χ1) is 4.10. The molecule has 0 spiro atoms. The molecule has 1 saturated heterocycles. The predicted octanol–water partition coefficient (Wildman–Crippen LogP) is 1.60. The minimum absolute atomic E-state index is 0.00694. The maximum absolute atomic E-state index is 12.3. The van der Waals surface area contributed by atoms with Crippen LogP contribution in [0.2, 0.25) is 0 Å². The Labute approximate surface area is 53.4 Å². The van der Waals surface area contributed by atoms with E-state index in [-0.39, 0.29) is 12.3 Å². The van der Waals surface area contributed by atoms with Gasteiger partial charge in [-0.25, -0.2) is 0 Å². The van der Waals surface area contributed by atoms with E-state index in [1.54, 1.807) is 0 Å². The van der Waals surface area contributed by atoms with E-state index in [2.05, 4.69) is 5.32 Å². The van der Waals surface area contributed by atoms with Gasteiger partial charge in [0.1, 0.15) is 0 Å². The van der Waals surface area contributed by atoms with Crippen LogP contribution in [0, 0.1) is 5.92 Å². The molecule has 0 aromatic rings. The second-order valence-electron chi connectivity index (χ2n) is 2.73. The molecule has 54 valence electrons. The van der Waals surface area contributed by atoms with Gasteiger partial charge in [-0.3, -0.25) is 5.32 Å². The van der Waals surface area contributed by atoms with Gasteiger partial charge < -0.3 is 0 Å². The van der Waals surface area contributed by atoms with Crippen molar-refractivity contribution in [1.82, 2.24) is 5.32 Å². The molecule has 0 bridgehead atoms. The molecule has 1 atom stereocenters. The normalized spacial score (nSPS) is 34.3. The van der Waals surface area contributed by atoms with Crippen molar-refractivity contribution in [2.24, 2.45) is 5.92 Å². The van der Waals surface area contributed by atoms with Crippen LogP contribution in [0.1, 0.15) is 19.8 Å². The molecule has 1 unspecified atom stereocenters. The Morgan fingerprint density at radius 3 is 2.56 bits per heavy atom. The Morgan fingerprint density at radius 1 is 1.56 bits per heavy atom. The number of alkyl halides is 2. The van der Waals surface area contributed by atoms with Crippen LogP contribution in [0.15, 0.2) is 0 Å². The van der Waals surface area contributed by atoms with Gasteiger partial charge in [-0.1, -0.05) is 6.92 Å². The molecule has 1 fully saturated rings. The Balaban J connectivity index is 2.41. The molecular formula is C6H11F2N. The van der Waals surface area contributed by atoms with Crippen molar-refractivity contribution in [2.45, 2.75) is 25.8 Å². The molecule has 9 heavy (non-hydrogen) atoms. The van der Waals surface area contributed by atoms with Crippen molar-refractivity contribution in [1.29, 1.82) is 0 Å². The molecule has 3 heteroatoms. The lowest BCUT2D eigenvalue weighted by Crippen LogP contribution is -2.43. The van der Waals surface area contributed by atoms with Crippen molar-refractivity contribution in [3.05, 3.63) is 0 Å². The third-order valence-electron chi connectivity index (χ3n) is 1.63. The third kappa shape index (κ3) is 1.90. The first kappa shape index (κ1) is 6.93. The zero-order valence-electron chi connectivity index (χ0n) is 5.45. The second-order valence-corrected chi connectivity index (χ2v) is 2.73. The highest BCUT2D eigenvalue weighted by Gasteiger charge is 2.33. The van der Waals surface area contributed by atoms with Gasteiger partial charge in [0, 0.05) is 13.0 Å². The van der Waals surface area contributed by atoms with Gasteiger partial charge in [0.05, 0.1) is 0 Å². The molecule has 1 nitrogen and oxygen atoms in total. The van der Waals surface area contributed by atoms with Crippen molar-refractivity contribution in [2.75, 3.05) is 6.54 Å². The summed E-state index contributed by atoms with van der Waals surface area (Å²) in [5, 5.41) is 2.16. The summed E-state index contributed by atoms with van der Waals surface area (Å²) in [6.45, 7) is 2.31. The summed E-state index contributed by atoms with van der Waals surface area (Å²) in [6, 6.07) is -2.60. The van der Waals surface area contributed by atoms with Gasteiger partial charge in [0.2, 0.25) is 0 Å². The van der Waals surface area contributed by atoms with Crippen molar-refractivity contribution >= 4 is 0 Å². The fourth-order valence-corrected chi connectivity index (χ4v) is 1.11. The molecule has 1 rings (SSSR count). The van der Waals surface area contributed by atoms with Crippen molar-refractivity contribution < 1.29 is 8.78 Å². The summed E-state index contributed by atoms with van der Waals surface area (Å²) in [5.41, 5.74) is 0. The lowest BCUT2D eigenvalue weighted by molar-refractivity contribution is -0.0715. The lowest BCUT2D eigenvalue weighted by atomic mass is 9.99. The van der Waals surface area contributed by atoms with E-state index in [0.29, 0.717) is 6.54 Å². The summed E-state index contributed by atoms with van der Waals surface area (Å²) in [6.07, 6.45) is 0.864. The van der Waals surface area contributed by atoms with Gasteiger partial charge >= 0.3 is 6.05 Å². The molecule has 0 aromatic carbocycles. The molecule has 1 aliphatic heterocycles.